The first-order valence-electron chi connectivity index (χ1n) is 6.49. The van der Waals surface area contributed by atoms with Crippen LogP contribution in [0.25, 0.3) is 0 Å². The number of para-hydroxylation sites is 3. The predicted octanol–water partition coefficient (Wildman–Crippen LogP) is 4.64. The molecule has 0 aromatic heterocycles. The van der Waals surface area contributed by atoms with E-state index >= 15 is 0 Å². The van der Waals surface area contributed by atoms with E-state index in [-0.39, 0.29) is 16.0 Å². The molecule has 0 aliphatic rings. The van der Waals surface area contributed by atoms with Gasteiger partial charge in [-0.25, -0.2) is 0 Å². The molecule has 0 saturated carbocycles. The zero-order valence-corrected chi connectivity index (χ0v) is 11.9. The fraction of sp³-hybridized carbons (Fsp3) is 0.250. The SMILES string of the molecule is CC(C)(C)c1ccccc1Nc1ccccc1[N+](=O)[O-]. The molecule has 0 aliphatic heterocycles. The van der Waals surface area contributed by atoms with Crippen LogP contribution in [0.3, 0.4) is 0 Å². The van der Waals surface area contributed by atoms with Gasteiger partial charge in [-0.15, -0.1) is 0 Å². The molecule has 0 amide bonds. The van der Waals surface area contributed by atoms with Gasteiger partial charge in [-0.2, -0.15) is 0 Å². The molecule has 0 spiro atoms. The fourth-order valence-electron chi connectivity index (χ4n) is 2.13. The number of benzene rings is 2. The highest BCUT2D eigenvalue weighted by Crippen LogP contribution is 2.33. The molecule has 0 radical (unpaired) electrons. The molecule has 104 valence electrons. The number of nitro groups is 1. The lowest BCUT2D eigenvalue weighted by atomic mass is 9.86. The summed E-state index contributed by atoms with van der Waals surface area (Å²) in [4.78, 5) is 10.7. The third-order valence-electron chi connectivity index (χ3n) is 3.11. The molecule has 4 nitrogen and oxygen atoms in total. The number of anilines is 2. The number of nitrogens with zero attached hydrogens (tertiary/aromatic N) is 1. The van der Waals surface area contributed by atoms with Crippen LogP contribution in [0.5, 0.6) is 0 Å². The van der Waals surface area contributed by atoms with E-state index in [0.717, 1.165) is 11.3 Å². The van der Waals surface area contributed by atoms with Crippen LogP contribution < -0.4 is 5.32 Å². The van der Waals surface area contributed by atoms with Crippen molar-refractivity contribution < 1.29 is 4.92 Å². The highest BCUT2D eigenvalue weighted by molar-refractivity contribution is 5.71. The summed E-state index contributed by atoms with van der Waals surface area (Å²) < 4.78 is 0. The van der Waals surface area contributed by atoms with Crippen molar-refractivity contribution in [3.63, 3.8) is 0 Å². The number of nitrogens with one attached hydrogen (secondary N) is 1. The zero-order valence-electron chi connectivity index (χ0n) is 11.9. The average molecular weight is 270 g/mol. The molecule has 20 heavy (non-hydrogen) atoms. The van der Waals surface area contributed by atoms with E-state index in [2.05, 4.69) is 26.1 Å². The van der Waals surface area contributed by atoms with Crippen LogP contribution in [-0.2, 0) is 5.41 Å². The zero-order chi connectivity index (χ0) is 14.8. The summed E-state index contributed by atoms with van der Waals surface area (Å²) in [5, 5.41) is 14.2. The Balaban J connectivity index is 2.44. The van der Waals surface area contributed by atoms with Gasteiger partial charge in [0.1, 0.15) is 5.69 Å². The number of nitro benzene ring substituents is 1. The maximum Gasteiger partial charge on any atom is 0.292 e. The van der Waals surface area contributed by atoms with Crippen molar-refractivity contribution in [2.75, 3.05) is 5.32 Å². The molecule has 0 atom stereocenters. The minimum absolute atomic E-state index is 0.0346. The number of hydrogen-bond donors (Lipinski definition) is 1. The van der Waals surface area contributed by atoms with Crippen LogP contribution in [0.15, 0.2) is 48.5 Å². The van der Waals surface area contributed by atoms with E-state index in [1.54, 1.807) is 18.2 Å². The van der Waals surface area contributed by atoms with Gasteiger partial charge in [0.2, 0.25) is 0 Å². The van der Waals surface area contributed by atoms with Crippen molar-refractivity contribution in [2.45, 2.75) is 26.2 Å². The Hall–Kier alpha value is -2.36. The van der Waals surface area contributed by atoms with Gasteiger partial charge >= 0.3 is 0 Å². The van der Waals surface area contributed by atoms with Gasteiger partial charge < -0.3 is 5.32 Å². The number of rotatable bonds is 3. The van der Waals surface area contributed by atoms with E-state index in [4.69, 9.17) is 0 Å². The average Bonchev–Trinajstić information content (AvgIpc) is 2.38. The molecule has 1 N–H and O–H groups in total. The third-order valence-corrected chi connectivity index (χ3v) is 3.11. The van der Waals surface area contributed by atoms with Crippen LogP contribution in [-0.4, -0.2) is 4.92 Å². The Bertz CT molecular complexity index is 630. The Labute approximate surface area is 118 Å². The Morgan fingerprint density at radius 2 is 1.50 bits per heavy atom. The van der Waals surface area contributed by atoms with Crippen LogP contribution >= 0.6 is 0 Å². The normalized spacial score (nSPS) is 11.2. The monoisotopic (exact) mass is 270 g/mol. The van der Waals surface area contributed by atoms with Crippen molar-refractivity contribution in [2.24, 2.45) is 0 Å². The van der Waals surface area contributed by atoms with Crippen molar-refractivity contribution in [1.29, 1.82) is 0 Å². The van der Waals surface area contributed by atoms with Crippen molar-refractivity contribution in [1.82, 2.24) is 0 Å². The molecule has 2 rings (SSSR count). The summed E-state index contributed by atoms with van der Waals surface area (Å²) in [7, 11) is 0. The summed E-state index contributed by atoms with van der Waals surface area (Å²) >= 11 is 0. The maximum absolute atomic E-state index is 11.1. The van der Waals surface area contributed by atoms with Crippen molar-refractivity contribution in [3.8, 4) is 0 Å². The first-order valence-corrected chi connectivity index (χ1v) is 6.49. The molecule has 0 fully saturated rings. The van der Waals surface area contributed by atoms with E-state index in [1.165, 1.54) is 6.07 Å². The Morgan fingerprint density at radius 1 is 0.950 bits per heavy atom. The molecule has 0 aliphatic carbocycles. The van der Waals surface area contributed by atoms with Crippen LogP contribution in [0.2, 0.25) is 0 Å². The van der Waals surface area contributed by atoms with E-state index in [0.29, 0.717) is 5.69 Å². The highest BCUT2D eigenvalue weighted by atomic mass is 16.6. The van der Waals surface area contributed by atoms with Gasteiger partial charge in [0.25, 0.3) is 5.69 Å². The van der Waals surface area contributed by atoms with E-state index < -0.39 is 0 Å². The van der Waals surface area contributed by atoms with Crippen molar-refractivity contribution in [3.05, 3.63) is 64.2 Å². The van der Waals surface area contributed by atoms with Gasteiger partial charge in [0, 0.05) is 11.8 Å². The summed E-state index contributed by atoms with van der Waals surface area (Å²) in [6.07, 6.45) is 0. The molecule has 0 bridgehead atoms. The van der Waals surface area contributed by atoms with Crippen LogP contribution in [0.4, 0.5) is 17.1 Å². The lowest BCUT2D eigenvalue weighted by molar-refractivity contribution is -0.383. The van der Waals surface area contributed by atoms with E-state index in [1.807, 2.05) is 24.3 Å². The topological polar surface area (TPSA) is 55.2 Å². The molecule has 0 heterocycles. The summed E-state index contributed by atoms with van der Waals surface area (Å²) in [5.74, 6) is 0. The van der Waals surface area contributed by atoms with E-state index in [9.17, 15) is 10.1 Å². The largest absolute Gasteiger partial charge is 0.350 e. The molecule has 4 heteroatoms. The van der Waals surface area contributed by atoms with Gasteiger partial charge in [-0.05, 0) is 23.1 Å². The fourth-order valence-corrected chi connectivity index (χ4v) is 2.13. The lowest BCUT2D eigenvalue weighted by Crippen LogP contribution is -2.13. The molecule has 0 saturated heterocycles. The third kappa shape index (κ3) is 2.96. The lowest BCUT2D eigenvalue weighted by Gasteiger charge is -2.23. The van der Waals surface area contributed by atoms with Crippen LogP contribution in [0, 0.1) is 10.1 Å². The predicted molar refractivity (Wildman–Crippen MR) is 81.5 cm³/mol. The van der Waals surface area contributed by atoms with Crippen LogP contribution in [0.1, 0.15) is 26.3 Å². The molecular weight excluding hydrogens is 252 g/mol. The number of hydrogen-bond acceptors (Lipinski definition) is 3. The summed E-state index contributed by atoms with van der Waals surface area (Å²) in [5.41, 5.74) is 2.57. The van der Waals surface area contributed by atoms with Crippen molar-refractivity contribution >= 4 is 17.1 Å². The highest BCUT2D eigenvalue weighted by Gasteiger charge is 2.19. The minimum Gasteiger partial charge on any atom is -0.350 e. The molecule has 0 unspecified atom stereocenters. The first kappa shape index (κ1) is 14.1. The standard InChI is InChI=1S/C16H18N2O2/c1-16(2,3)12-8-4-5-9-13(12)17-14-10-6-7-11-15(14)18(19)20/h4-11,17H,1-3H3. The first-order chi connectivity index (χ1) is 9.39. The van der Waals surface area contributed by atoms with Gasteiger partial charge in [-0.3, -0.25) is 10.1 Å². The molecular formula is C16H18N2O2. The summed E-state index contributed by atoms with van der Waals surface area (Å²) in [6, 6.07) is 14.6. The quantitative estimate of drug-likeness (QED) is 0.653. The molecule has 2 aromatic carbocycles. The maximum atomic E-state index is 11.1. The van der Waals surface area contributed by atoms with Gasteiger partial charge in [0.05, 0.1) is 4.92 Å². The second-order valence-electron chi connectivity index (χ2n) is 5.69. The second-order valence-corrected chi connectivity index (χ2v) is 5.69. The molecule has 2 aromatic rings. The summed E-state index contributed by atoms with van der Waals surface area (Å²) in [6.45, 7) is 6.35. The smallest absolute Gasteiger partial charge is 0.292 e. The second kappa shape index (κ2) is 5.33. The Kier molecular flexibility index (Phi) is 3.74. The minimum atomic E-state index is -0.373. The van der Waals surface area contributed by atoms with Gasteiger partial charge in [0.15, 0.2) is 0 Å². The van der Waals surface area contributed by atoms with Gasteiger partial charge in [-0.1, -0.05) is 51.1 Å². The Morgan fingerprint density at radius 3 is 2.10 bits per heavy atom.